The first-order valence-corrected chi connectivity index (χ1v) is 11.0. The predicted molar refractivity (Wildman–Crippen MR) is 126 cm³/mol. The van der Waals surface area contributed by atoms with E-state index >= 15 is 0 Å². The lowest BCUT2D eigenvalue weighted by Gasteiger charge is -2.07. The Morgan fingerprint density at radius 1 is 1.00 bits per heavy atom. The fourth-order valence-corrected chi connectivity index (χ4v) is 3.51. The molecule has 5 heterocycles. The van der Waals surface area contributed by atoms with Crippen LogP contribution in [0.1, 0.15) is 39.0 Å². The number of H-pyrrole nitrogens is 1. The summed E-state index contributed by atoms with van der Waals surface area (Å²) in [5.74, 6) is 0.0721. The first-order valence-electron chi connectivity index (χ1n) is 11.0. The van der Waals surface area contributed by atoms with Crippen LogP contribution < -0.4 is 5.32 Å². The van der Waals surface area contributed by atoms with Crippen LogP contribution in [-0.4, -0.2) is 50.8 Å². The Morgan fingerprint density at radius 2 is 1.89 bits per heavy atom. The van der Waals surface area contributed by atoms with Crippen LogP contribution in [0.5, 0.6) is 0 Å². The number of nitrogens with one attached hydrogen (secondary N) is 2. The monoisotopic (exact) mass is 484 g/mol. The standard InChI is InChI=1S/C24H21FN10O/c1-14-5-18(7-19-6-15(2)33-34-19)32-23(31-14)16-3-4-21(27-8-16)24(36)29-11-20-10-28-22(12-26-20)35-13-17(25)9-30-35/h3-6,8-10,12-13H,7,11H2,1-2H3,(H,29,36)(H,33,34). The van der Waals surface area contributed by atoms with E-state index in [1.807, 2.05) is 26.0 Å². The lowest BCUT2D eigenvalue weighted by atomic mass is 10.2. The lowest BCUT2D eigenvalue weighted by molar-refractivity contribution is 0.0945. The Morgan fingerprint density at radius 3 is 2.56 bits per heavy atom. The number of pyridine rings is 1. The molecule has 0 bridgehead atoms. The number of nitrogens with zero attached hydrogens (tertiary/aromatic N) is 8. The van der Waals surface area contributed by atoms with Crippen LogP contribution in [0.25, 0.3) is 17.2 Å². The minimum Gasteiger partial charge on any atom is -0.345 e. The Balaban J connectivity index is 1.22. The molecule has 1 amide bonds. The number of carbonyl (C=O) groups is 1. The van der Waals surface area contributed by atoms with Crippen molar-refractivity contribution in [2.24, 2.45) is 0 Å². The third-order valence-electron chi connectivity index (χ3n) is 5.19. The van der Waals surface area contributed by atoms with Gasteiger partial charge in [0.1, 0.15) is 5.69 Å². The van der Waals surface area contributed by atoms with Gasteiger partial charge in [-0.2, -0.15) is 10.2 Å². The van der Waals surface area contributed by atoms with Gasteiger partial charge in [0, 0.05) is 29.6 Å². The highest BCUT2D eigenvalue weighted by molar-refractivity contribution is 5.92. The number of halogens is 1. The highest BCUT2D eigenvalue weighted by Gasteiger charge is 2.12. The van der Waals surface area contributed by atoms with E-state index in [2.05, 4.69) is 45.5 Å². The number of aromatic nitrogens is 9. The Kier molecular flexibility index (Phi) is 6.22. The first kappa shape index (κ1) is 22.9. The summed E-state index contributed by atoms with van der Waals surface area (Å²) in [5, 5.41) is 13.8. The highest BCUT2D eigenvalue weighted by atomic mass is 19.1. The zero-order valence-electron chi connectivity index (χ0n) is 19.5. The van der Waals surface area contributed by atoms with Crippen LogP contribution in [0.4, 0.5) is 4.39 Å². The Bertz CT molecular complexity index is 1510. The molecule has 0 aromatic carbocycles. The Labute approximate surface area is 204 Å². The number of hydrogen-bond donors (Lipinski definition) is 2. The molecule has 5 aromatic heterocycles. The van der Waals surface area contributed by atoms with Crippen molar-refractivity contribution in [2.75, 3.05) is 0 Å². The third kappa shape index (κ3) is 5.27. The molecule has 0 aliphatic rings. The number of amides is 1. The average Bonchev–Trinajstić information content (AvgIpc) is 3.50. The van der Waals surface area contributed by atoms with Crippen molar-refractivity contribution in [3.8, 4) is 17.2 Å². The molecule has 0 saturated carbocycles. The van der Waals surface area contributed by atoms with Crippen molar-refractivity contribution in [3.63, 3.8) is 0 Å². The van der Waals surface area contributed by atoms with Crippen LogP contribution in [-0.2, 0) is 13.0 Å². The summed E-state index contributed by atoms with van der Waals surface area (Å²) < 4.78 is 14.4. The van der Waals surface area contributed by atoms with E-state index in [-0.39, 0.29) is 18.1 Å². The summed E-state index contributed by atoms with van der Waals surface area (Å²) in [7, 11) is 0. The van der Waals surface area contributed by atoms with Crippen molar-refractivity contribution in [1.82, 2.24) is 50.2 Å². The first-order chi connectivity index (χ1) is 17.4. The van der Waals surface area contributed by atoms with E-state index in [9.17, 15) is 9.18 Å². The van der Waals surface area contributed by atoms with E-state index < -0.39 is 5.82 Å². The van der Waals surface area contributed by atoms with Crippen LogP contribution in [0.3, 0.4) is 0 Å². The zero-order chi connectivity index (χ0) is 25.1. The molecule has 0 atom stereocenters. The summed E-state index contributed by atoms with van der Waals surface area (Å²) in [6, 6.07) is 7.28. The van der Waals surface area contributed by atoms with Gasteiger partial charge in [0.05, 0.1) is 48.4 Å². The molecule has 5 rings (SSSR count). The highest BCUT2D eigenvalue weighted by Crippen LogP contribution is 2.17. The maximum Gasteiger partial charge on any atom is 0.270 e. The van der Waals surface area contributed by atoms with E-state index in [1.165, 1.54) is 23.3 Å². The molecule has 0 aliphatic heterocycles. The molecular formula is C24H21FN10O. The van der Waals surface area contributed by atoms with Crippen LogP contribution in [0, 0.1) is 19.7 Å². The van der Waals surface area contributed by atoms with Gasteiger partial charge < -0.3 is 5.32 Å². The summed E-state index contributed by atoms with van der Waals surface area (Å²) in [6.07, 6.45) is 7.37. The van der Waals surface area contributed by atoms with E-state index in [0.717, 1.165) is 29.0 Å². The molecule has 0 radical (unpaired) electrons. The molecule has 2 N–H and O–H groups in total. The van der Waals surface area contributed by atoms with E-state index in [4.69, 9.17) is 0 Å². The van der Waals surface area contributed by atoms with Gasteiger partial charge in [-0.25, -0.2) is 24.0 Å². The van der Waals surface area contributed by atoms with Crippen molar-refractivity contribution >= 4 is 5.91 Å². The smallest absolute Gasteiger partial charge is 0.270 e. The van der Waals surface area contributed by atoms with Gasteiger partial charge in [-0.1, -0.05) is 0 Å². The second-order valence-corrected chi connectivity index (χ2v) is 8.13. The van der Waals surface area contributed by atoms with Crippen molar-refractivity contribution in [1.29, 1.82) is 0 Å². The van der Waals surface area contributed by atoms with Crippen molar-refractivity contribution in [3.05, 3.63) is 95.2 Å². The van der Waals surface area contributed by atoms with Gasteiger partial charge in [-0.15, -0.1) is 0 Å². The molecule has 0 fully saturated rings. The molecule has 11 nitrogen and oxygen atoms in total. The molecule has 180 valence electrons. The van der Waals surface area contributed by atoms with Crippen LogP contribution >= 0.6 is 0 Å². The molecule has 36 heavy (non-hydrogen) atoms. The lowest BCUT2D eigenvalue weighted by Crippen LogP contribution is -2.24. The SMILES string of the molecule is Cc1cc(Cc2cc(C)[nH]n2)nc(-c2ccc(C(=O)NCc3cnc(-n4cc(F)cn4)cn3)nc2)n1. The van der Waals surface area contributed by atoms with Gasteiger partial charge in [-0.3, -0.25) is 19.9 Å². The topological polar surface area (TPSA) is 140 Å². The van der Waals surface area contributed by atoms with E-state index in [1.54, 1.807) is 18.3 Å². The van der Waals surface area contributed by atoms with Crippen LogP contribution in [0.15, 0.2) is 55.2 Å². The molecule has 0 saturated heterocycles. The van der Waals surface area contributed by atoms with Crippen molar-refractivity contribution < 1.29 is 9.18 Å². The third-order valence-corrected chi connectivity index (χ3v) is 5.19. The summed E-state index contributed by atoms with van der Waals surface area (Å²) in [6.45, 7) is 4.01. The summed E-state index contributed by atoms with van der Waals surface area (Å²) >= 11 is 0. The fraction of sp³-hybridized carbons (Fsp3) is 0.167. The number of hydrogen-bond acceptors (Lipinski definition) is 8. The quantitative estimate of drug-likeness (QED) is 0.359. The summed E-state index contributed by atoms with van der Waals surface area (Å²) in [5.41, 5.74) is 5.04. The molecule has 0 aliphatic carbocycles. The molecule has 0 unspecified atom stereocenters. The fourth-order valence-electron chi connectivity index (χ4n) is 3.51. The number of aromatic amines is 1. The minimum absolute atomic E-state index is 0.153. The average molecular weight is 484 g/mol. The zero-order valence-corrected chi connectivity index (χ0v) is 19.5. The minimum atomic E-state index is -0.467. The Hall–Kier alpha value is -4.87. The molecule has 0 spiro atoms. The van der Waals surface area contributed by atoms with Gasteiger partial charge in [-0.05, 0) is 38.1 Å². The largest absolute Gasteiger partial charge is 0.345 e. The maximum absolute atomic E-state index is 13.1. The van der Waals surface area contributed by atoms with Gasteiger partial charge in [0.2, 0.25) is 0 Å². The maximum atomic E-state index is 13.1. The van der Waals surface area contributed by atoms with E-state index in [0.29, 0.717) is 29.3 Å². The second-order valence-electron chi connectivity index (χ2n) is 8.13. The van der Waals surface area contributed by atoms with Crippen LogP contribution in [0.2, 0.25) is 0 Å². The number of rotatable bonds is 7. The normalized spacial score (nSPS) is 11.0. The number of aryl methyl sites for hydroxylation is 2. The molecule has 12 heteroatoms. The van der Waals surface area contributed by atoms with Gasteiger partial charge >= 0.3 is 0 Å². The summed E-state index contributed by atoms with van der Waals surface area (Å²) in [4.78, 5) is 34.4. The molecule has 5 aromatic rings. The molecular weight excluding hydrogens is 463 g/mol. The second kappa shape index (κ2) is 9.78. The number of carbonyl (C=O) groups excluding carboxylic acids is 1. The van der Waals surface area contributed by atoms with Gasteiger partial charge in [0.25, 0.3) is 5.91 Å². The van der Waals surface area contributed by atoms with Crippen molar-refractivity contribution in [2.45, 2.75) is 26.8 Å². The van der Waals surface area contributed by atoms with Gasteiger partial charge in [0.15, 0.2) is 17.5 Å². The predicted octanol–water partition coefficient (Wildman–Crippen LogP) is 2.51.